The number of rotatable bonds is 4. The van der Waals surface area contributed by atoms with Gasteiger partial charge >= 0.3 is 0 Å². The van der Waals surface area contributed by atoms with Crippen molar-refractivity contribution in [1.82, 2.24) is 4.90 Å². The van der Waals surface area contributed by atoms with E-state index in [9.17, 15) is 14.0 Å². The van der Waals surface area contributed by atoms with E-state index in [2.05, 4.69) is 6.58 Å². The maximum atomic E-state index is 14.7. The molecule has 2 N–H and O–H groups in total. The highest BCUT2D eigenvalue weighted by atomic mass is 35.5. The second-order valence-electron chi connectivity index (χ2n) is 6.13. The lowest BCUT2D eigenvalue weighted by atomic mass is 9.96. The van der Waals surface area contributed by atoms with Gasteiger partial charge in [0.2, 0.25) is 5.91 Å². The zero-order valence-electron chi connectivity index (χ0n) is 14.5. The van der Waals surface area contributed by atoms with Crippen molar-refractivity contribution in [1.29, 1.82) is 0 Å². The first kappa shape index (κ1) is 19.1. The van der Waals surface area contributed by atoms with Gasteiger partial charge in [-0.05, 0) is 41.5 Å². The van der Waals surface area contributed by atoms with Crippen LogP contribution in [0.15, 0.2) is 49.1 Å². The molecule has 1 unspecified atom stereocenters. The van der Waals surface area contributed by atoms with E-state index >= 15 is 0 Å². The number of nitrogens with two attached hydrogens (primary N) is 1. The predicted octanol–water partition coefficient (Wildman–Crippen LogP) is 3.33. The zero-order chi connectivity index (χ0) is 19.6. The SMILES string of the molecule is C=CC(=O)N1CCOCC1c1cc(Cl)cc(-c2cccc(C(N)=O)c2F)c1. The Labute approximate surface area is 161 Å². The third kappa shape index (κ3) is 3.86. The van der Waals surface area contributed by atoms with Gasteiger partial charge in [0.25, 0.3) is 5.91 Å². The average molecular weight is 389 g/mol. The number of ether oxygens (including phenoxy) is 1. The third-order valence-electron chi connectivity index (χ3n) is 4.47. The molecule has 0 radical (unpaired) electrons. The maximum Gasteiger partial charge on any atom is 0.251 e. The third-order valence-corrected chi connectivity index (χ3v) is 4.68. The summed E-state index contributed by atoms with van der Waals surface area (Å²) in [6.45, 7) is 4.68. The maximum absolute atomic E-state index is 14.7. The summed E-state index contributed by atoms with van der Waals surface area (Å²) in [7, 11) is 0. The molecule has 2 aromatic rings. The molecule has 1 saturated heterocycles. The van der Waals surface area contributed by atoms with Gasteiger partial charge in [-0.1, -0.05) is 30.3 Å². The zero-order valence-corrected chi connectivity index (χ0v) is 15.2. The Morgan fingerprint density at radius 3 is 2.81 bits per heavy atom. The summed E-state index contributed by atoms with van der Waals surface area (Å²) in [4.78, 5) is 25.2. The normalized spacial score (nSPS) is 16.8. The number of nitrogens with zero attached hydrogens (tertiary/aromatic N) is 1. The van der Waals surface area contributed by atoms with Crippen molar-refractivity contribution in [2.75, 3.05) is 19.8 Å². The number of carbonyl (C=O) groups is 2. The molecule has 140 valence electrons. The summed E-state index contributed by atoms with van der Waals surface area (Å²) in [5, 5.41) is 0.378. The van der Waals surface area contributed by atoms with Gasteiger partial charge < -0.3 is 15.4 Å². The van der Waals surface area contributed by atoms with Crippen LogP contribution in [0.5, 0.6) is 0 Å². The van der Waals surface area contributed by atoms with Crippen LogP contribution in [0.1, 0.15) is 22.0 Å². The number of morpholine rings is 1. The van der Waals surface area contributed by atoms with Crippen LogP contribution in [-0.4, -0.2) is 36.5 Å². The number of carbonyl (C=O) groups excluding carboxylic acids is 2. The number of hydrogen-bond donors (Lipinski definition) is 1. The number of amides is 2. The molecule has 1 heterocycles. The van der Waals surface area contributed by atoms with Crippen LogP contribution >= 0.6 is 11.6 Å². The van der Waals surface area contributed by atoms with Gasteiger partial charge in [-0.3, -0.25) is 9.59 Å². The van der Waals surface area contributed by atoms with E-state index in [0.29, 0.717) is 35.9 Å². The van der Waals surface area contributed by atoms with Gasteiger partial charge in [-0.2, -0.15) is 0 Å². The number of primary amides is 1. The highest BCUT2D eigenvalue weighted by Gasteiger charge is 2.28. The van der Waals surface area contributed by atoms with Crippen LogP contribution in [0.25, 0.3) is 11.1 Å². The van der Waals surface area contributed by atoms with Gasteiger partial charge in [-0.25, -0.2) is 4.39 Å². The molecular formula is C20H18ClFN2O3. The average Bonchev–Trinajstić information content (AvgIpc) is 2.66. The lowest BCUT2D eigenvalue weighted by Crippen LogP contribution is -2.42. The van der Waals surface area contributed by atoms with E-state index in [-0.39, 0.29) is 23.1 Å². The minimum absolute atomic E-state index is 0.196. The molecule has 1 fully saturated rings. The number of benzene rings is 2. The van der Waals surface area contributed by atoms with E-state index in [0.717, 1.165) is 0 Å². The summed E-state index contributed by atoms with van der Waals surface area (Å²) >= 11 is 6.26. The van der Waals surface area contributed by atoms with Crippen molar-refractivity contribution in [2.45, 2.75) is 6.04 Å². The fourth-order valence-electron chi connectivity index (χ4n) is 3.17. The minimum atomic E-state index is -0.847. The number of halogens is 2. The lowest BCUT2D eigenvalue weighted by Gasteiger charge is -2.35. The van der Waals surface area contributed by atoms with Crippen molar-refractivity contribution in [3.8, 4) is 11.1 Å². The monoisotopic (exact) mass is 388 g/mol. The molecule has 0 spiro atoms. The van der Waals surface area contributed by atoms with Crippen molar-refractivity contribution >= 4 is 23.4 Å². The van der Waals surface area contributed by atoms with Crippen LogP contribution in [0.3, 0.4) is 0 Å². The Morgan fingerprint density at radius 2 is 2.11 bits per heavy atom. The van der Waals surface area contributed by atoms with Crippen molar-refractivity contribution in [2.24, 2.45) is 5.73 Å². The van der Waals surface area contributed by atoms with E-state index < -0.39 is 11.7 Å². The molecule has 2 aromatic carbocycles. The van der Waals surface area contributed by atoms with Crippen LogP contribution in [-0.2, 0) is 9.53 Å². The van der Waals surface area contributed by atoms with Crippen molar-refractivity contribution in [3.05, 3.63) is 71.0 Å². The molecule has 27 heavy (non-hydrogen) atoms. The highest BCUT2D eigenvalue weighted by Crippen LogP contribution is 2.33. The van der Waals surface area contributed by atoms with E-state index in [1.165, 1.54) is 12.1 Å². The Kier molecular flexibility index (Phi) is 5.58. The fourth-order valence-corrected chi connectivity index (χ4v) is 3.41. The Bertz CT molecular complexity index is 916. The quantitative estimate of drug-likeness (QED) is 0.816. The van der Waals surface area contributed by atoms with E-state index in [1.807, 2.05) is 0 Å². The topological polar surface area (TPSA) is 72.6 Å². The molecule has 0 aromatic heterocycles. The van der Waals surface area contributed by atoms with Gasteiger partial charge in [0.15, 0.2) is 0 Å². The smallest absolute Gasteiger partial charge is 0.251 e. The van der Waals surface area contributed by atoms with Gasteiger partial charge in [0, 0.05) is 17.1 Å². The summed E-state index contributed by atoms with van der Waals surface area (Å²) < 4.78 is 20.2. The largest absolute Gasteiger partial charge is 0.377 e. The molecule has 1 aliphatic heterocycles. The van der Waals surface area contributed by atoms with Crippen LogP contribution in [0, 0.1) is 5.82 Å². The van der Waals surface area contributed by atoms with Gasteiger partial charge in [-0.15, -0.1) is 0 Å². The van der Waals surface area contributed by atoms with Crippen LogP contribution in [0.4, 0.5) is 4.39 Å². The first-order valence-electron chi connectivity index (χ1n) is 8.32. The van der Waals surface area contributed by atoms with Crippen LogP contribution < -0.4 is 5.73 Å². The molecule has 0 aliphatic carbocycles. The molecule has 1 aliphatic rings. The second kappa shape index (κ2) is 7.90. The summed E-state index contributed by atoms with van der Waals surface area (Å²) in [5.74, 6) is -1.77. The molecule has 2 amide bonds. The highest BCUT2D eigenvalue weighted by molar-refractivity contribution is 6.31. The molecule has 3 rings (SSSR count). The van der Waals surface area contributed by atoms with Gasteiger partial charge in [0.1, 0.15) is 5.82 Å². The standard InChI is InChI=1S/C20H18ClFN2O3/c1-2-18(25)24-6-7-27-11-17(24)13-8-12(9-14(21)10-13)15-4-3-5-16(19(15)22)20(23)26/h2-5,8-10,17H,1,6-7,11H2,(H2,23,26). The van der Waals surface area contributed by atoms with Crippen molar-refractivity contribution < 1.29 is 18.7 Å². The van der Waals surface area contributed by atoms with Gasteiger partial charge in [0.05, 0.1) is 24.8 Å². The summed E-state index contributed by atoms with van der Waals surface area (Å²) in [6.07, 6.45) is 1.25. The molecule has 5 nitrogen and oxygen atoms in total. The summed E-state index contributed by atoms with van der Waals surface area (Å²) in [6, 6.07) is 9.09. The molecule has 7 heteroatoms. The molecule has 0 saturated carbocycles. The fraction of sp³-hybridized carbons (Fsp3) is 0.200. The second-order valence-corrected chi connectivity index (χ2v) is 6.57. The first-order chi connectivity index (χ1) is 12.9. The van der Waals surface area contributed by atoms with E-state index in [4.69, 9.17) is 22.1 Å². The van der Waals surface area contributed by atoms with Crippen LogP contribution in [0.2, 0.25) is 5.02 Å². The van der Waals surface area contributed by atoms with E-state index in [1.54, 1.807) is 35.2 Å². The molecule has 0 bridgehead atoms. The predicted molar refractivity (Wildman–Crippen MR) is 101 cm³/mol. The van der Waals surface area contributed by atoms with Crippen molar-refractivity contribution in [3.63, 3.8) is 0 Å². The Balaban J connectivity index is 2.07. The Morgan fingerprint density at radius 1 is 1.33 bits per heavy atom. The minimum Gasteiger partial charge on any atom is -0.377 e. The number of hydrogen-bond acceptors (Lipinski definition) is 3. The lowest BCUT2D eigenvalue weighted by molar-refractivity contribution is -0.134. The molecular weight excluding hydrogens is 371 g/mol. The Hall–Kier alpha value is -2.70. The summed E-state index contributed by atoms with van der Waals surface area (Å²) in [5.41, 5.74) is 6.42. The molecule has 1 atom stereocenters. The first-order valence-corrected chi connectivity index (χ1v) is 8.70.